The zero-order valence-electron chi connectivity index (χ0n) is 15.8. The average Bonchev–Trinajstić information content (AvgIpc) is 3.05. The van der Waals surface area contributed by atoms with Gasteiger partial charge in [-0.1, -0.05) is 17.7 Å². The highest BCUT2D eigenvalue weighted by molar-refractivity contribution is 6.02. The molecular weight excluding hydrogens is 360 g/mol. The van der Waals surface area contributed by atoms with Crippen molar-refractivity contribution in [3.8, 4) is 0 Å². The first-order valence-corrected chi connectivity index (χ1v) is 8.62. The molecule has 0 saturated heterocycles. The van der Waals surface area contributed by atoms with Crippen molar-refractivity contribution >= 4 is 29.2 Å². The predicted molar refractivity (Wildman–Crippen MR) is 103 cm³/mol. The molecule has 3 rings (SSSR count). The molecule has 0 aliphatic heterocycles. The molecule has 0 spiro atoms. The summed E-state index contributed by atoms with van der Waals surface area (Å²) in [4.78, 5) is 40.0. The molecule has 0 radical (unpaired) electrons. The van der Waals surface area contributed by atoms with Crippen LogP contribution in [0.3, 0.4) is 0 Å². The summed E-state index contributed by atoms with van der Waals surface area (Å²) in [6, 6.07) is 8.51. The third-order valence-corrected chi connectivity index (χ3v) is 4.04. The number of aromatic nitrogens is 2. The first-order chi connectivity index (χ1) is 13.3. The molecule has 2 aromatic heterocycles. The highest BCUT2D eigenvalue weighted by Gasteiger charge is 2.16. The number of nitrogens with one attached hydrogen (secondary N) is 2. The molecule has 0 unspecified atom stereocenters. The number of urea groups is 1. The first-order valence-electron chi connectivity index (χ1n) is 8.62. The number of anilines is 1. The third kappa shape index (κ3) is 4.53. The number of carbonyl (C=O) groups excluding carboxylic acids is 3. The lowest BCUT2D eigenvalue weighted by molar-refractivity contribution is -0.123. The van der Waals surface area contributed by atoms with E-state index in [1.165, 1.54) is 6.20 Å². The minimum atomic E-state index is -0.744. The van der Waals surface area contributed by atoms with Gasteiger partial charge in [0, 0.05) is 18.1 Å². The van der Waals surface area contributed by atoms with Crippen LogP contribution in [0.25, 0.3) is 5.65 Å². The number of imide groups is 1. The van der Waals surface area contributed by atoms with E-state index in [4.69, 9.17) is 4.74 Å². The molecule has 144 valence electrons. The number of hydrogen-bond acceptors (Lipinski definition) is 5. The van der Waals surface area contributed by atoms with Crippen LogP contribution in [-0.2, 0) is 9.53 Å². The van der Waals surface area contributed by atoms with Crippen molar-refractivity contribution in [3.63, 3.8) is 0 Å². The smallest absolute Gasteiger partial charge is 0.359 e. The molecule has 28 heavy (non-hydrogen) atoms. The van der Waals surface area contributed by atoms with Crippen LogP contribution in [0.4, 0.5) is 10.5 Å². The number of pyridine rings is 1. The van der Waals surface area contributed by atoms with Crippen LogP contribution in [0.1, 0.15) is 27.2 Å². The van der Waals surface area contributed by atoms with E-state index in [0.717, 1.165) is 16.7 Å². The minimum absolute atomic E-state index is 0.0816. The number of esters is 1. The Balaban J connectivity index is 1.52. The first kappa shape index (κ1) is 19.1. The molecule has 2 heterocycles. The van der Waals surface area contributed by atoms with Crippen LogP contribution in [0.5, 0.6) is 0 Å². The summed E-state index contributed by atoms with van der Waals surface area (Å²) in [7, 11) is 0. The van der Waals surface area contributed by atoms with Gasteiger partial charge in [-0.3, -0.25) is 10.1 Å². The second-order valence-electron chi connectivity index (χ2n) is 6.49. The lowest BCUT2D eigenvalue weighted by atomic mass is 10.1. The summed E-state index contributed by atoms with van der Waals surface area (Å²) in [6.07, 6.45) is 3.29. The SMILES string of the molecule is Cc1ccc(NC(=O)NC(=O)COC(=O)c2cn3ccc(C)cc3n2)c(C)c1. The number of carbonyl (C=O) groups is 3. The van der Waals surface area contributed by atoms with Crippen LogP contribution in [0.15, 0.2) is 42.7 Å². The van der Waals surface area contributed by atoms with Crippen molar-refractivity contribution in [1.82, 2.24) is 14.7 Å². The van der Waals surface area contributed by atoms with Crippen molar-refractivity contribution in [3.05, 3.63) is 65.1 Å². The topological polar surface area (TPSA) is 102 Å². The Labute approximate surface area is 161 Å². The van der Waals surface area contributed by atoms with Crippen molar-refractivity contribution in [2.24, 2.45) is 0 Å². The summed E-state index contributed by atoms with van der Waals surface area (Å²) >= 11 is 0. The van der Waals surface area contributed by atoms with Gasteiger partial charge < -0.3 is 14.5 Å². The lowest BCUT2D eigenvalue weighted by Gasteiger charge is -2.10. The molecule has 0 bridgehead atoms. The molecule has 2 N–H and O–H groups in total. The monoisotopic (exact) mass is 380 g/mol. The van der Waals surface area contributed by atoms with Crippen LogP contribution in [0.2, 0.25) is 0 Å². The van der Waals surface area contributed by atoms with Gasteiger partial charge in [0.05, 0.1) is 0 Å². The Morgan fingerprint density at radius 2 is 1.82 bits per heavy atom. The molecule has 0 aliphatic rings. The fourth-order valence-corrected chi connectivity index (χ4v) is 2.66. The van der Waals surface area contributed by atoms with E-state index < -0.39 is 24.5 Å². The molecule has 3 amide bonds. The molecule has 0 atom stereocenters. The van der Waals surface area contributed by atoms with Gasteiger partial charge in [-0.15, -0.1) is 0 Å². The fraction of sp³-hybridized carbons (Fsp3) is 0.200. The molecule has 0 saturated carbocycles. The van der Waals surface area contributed by atoms with E-state index in [1.54, 1.807) is 16.7 Å². The Morgan fingerprint density at radius 1 is 1.07 bits per heavy atom. The maximum absolute atomic E-state index is 12.1. The van der Waals surface area contributed by atoms with Gasteiger partial charge >= 0.3 is 12.0 Å². The van der Waals surface area contributed by atoms with Gasteiger partial charge in [-0.05, 0) is 50.1 Å². The van der Waals surface area contributed by atoms with Gasteiger partial charge in [0.2, 0.25) is 0 Å². The lowest BCUT2D eigenvalue weighted by Crippen LogP contribution is -2.37. The summed E-state index contributed by atoms with van der Waals surface area (Å²) in [5.41, 5.74) is 4.21. The molecule has 3 aromatic rings. The number of nitrogens with zero attached hydrogens (tertiary/aromatic N) is 2. The largest absolute Gasteiger partial charge is 0.451 e. The van der Waals surface area contributed by atoms with Gasteiger partial charge in [0.15, 0.2) is 12.3 Å². The number of aryl methyl sites for hydroxylation is 3. The van der Waals surface area contributed by atoms with Crippen LogP contribution >= 0.6 is 0 Å². The summed E-state index contributed by atoms with van der Waals surface area (Å²) in [6.45, 7) is 5.12. The second kappa shape index (κ2) is 7.91. The number of hydrogen-bond donors (Lipinski definition) is 2. The van der Waals surface area contributed by atoms with E-state index in [9.17, 15) is 14.4 Å². The van der Waals surface area contributed by atoms with E-state index in [2.05, 4.69) is 15.6 Å². The van der Waals surface area contributed by atoms with Gasteiger partial charge in [-0.2, -0.15) is 0 Å². The van der Waals surface area contributed by atoms with Gasteiger partial charge in [0.25, 0.3) is 5.91 Å². The molecule has 0 aliphatic carbocycles. The van der Waals surface area contributed by atoms with Gasteiger partial charge in [-0.25, -0.2) is 14.6 Å². The standard InChI is InChI=1S/C20H20N4O4/c1-12-4-5-15(14(3)8-12)22-20(27)23-18(25)11-28-19(26)16-10-24-7-6-13(2)9-17(24)21-16/h4-10H,11H2,1-3H3,(H2,22,23,25,27). The molecular formula is C20H20N4O4. The Hall–Kier alpha value is -3.68. The summed E-state index contributed by atoms with van der Waals surface area (Å²) in [5.74, 6) is -1.48. The Morgan fingerprint density at radius 3 is 2.57 bits per heavy atom. The minimum Gasteiger partial charge on any atom is -0.451 e. The third-order valence-electron chi connectivity index (χ3n) is 4.04. The number of fused-ring (bicyclic) bond motifs is 1. The van der Waals surface area contributed by atoms with E-state index in [0.29, 0.717) is 11.3 Å². The normalized spacial score (nSPS) is 10.5. The van der Waals surface area contributed by atoms with E-state index in [1.807, 2.05) is 45.0 Å². The van der Waals surface area contributed by atoms with Crippen molar-refractivity contribution in [2.45, 2.75) is 20.8 Å². The maximum Gasteiger partial charge on any atom is 0.359 e. The van der Waals surface area contributed by atoms with Crippen LogP contribution in [-0.4, -0.2) is 33.9 Å². The zero-order chi connectivity index (χ0) is 20.3. The van der Waals surface area contributed by atoms with E-state index in [-0.39, 0.29) is 5.69 Å². The number of amides is 3. The van der Waals surface area contributed by atoms with E-state index >= 15 is 0 Å². The Bertz CT molecular complexity index is 1070. The number of imidazole rings is 1. The summed E-state index contributed by atoms with van der Waals surface area (Å²) < 4.78 is 6.61. The highest BCUT2D eigenvalue weighted by atomic mass is 16.5. The number of rotatable bonds is 4. The van der Waals surface area contributed by atoms with Crippen LogP contribution in [0, 0.1) is 20.8 Å². The van der Waals surface area contributed by atoms with Crippen molar-refractivity contribution < 1.29 is 19.1 Å². The number of ether oxygens (including phenoxy) is 1. The quantitative estimate of drug-likeness (QED) is 0.678. The van der Waals surface area contributed by atoms with Crippen molar-refractivity contribution in [1.29, 1.82) is 0 Å². The predicted octanol–water partition coefficient (Wildman–Crippen LogP) is 2.76. The highest BCUT2D eigenvalue weighted by Crippen LogP contribution is 2.15. The fourth-order valence-electron chi connectivity index (χ4n) is 2.66. The summed E-state index contributed by atoms with van der Waals surface area (Å²) in [5, 5.41) is 4.70. The maximum atomic E-state index is 12.1. The average molecular weight is 380 g/mol. The molecule has 8 nitrogen and oxygen atoms in total. The second-order valence-corrected chi connectivity index (χ2v) is 6.49. The molecule has 0 fully saturated rings. The zero-order valence-corrected chi connectivity index (χ0v) is 15.8. The van der Waals surface area contributed by atoms with Gasteiger partial charge in [0.1, 0.15) is 5.65 Å². The Kier molecular flexibility index (Phi) is 5.39. The van der Waals surface area contributed by atoms with Crippen molar-refractivity contribution in [2.75, 3.05) is 11.9 Å². The number of benzene rings is 1. The van der Waals surface area contributed by atoms with Crippen LogP contribution < -0.4 is 10.6 Å². The molecule has 8 heteroatoms. The molecule has 1 aromatic carbocycles.